The van der Waals surface area contributed by atoms with Crippen molar-refractivity contribution in [3.63, 3.8) is 0 Å². The van der Waals surface area contributed by atoms with Gasteiger partial charge in [0.15, 0.2) is 5.78 Å². The fourth-order valence-electron chi connectivity index (χ4n) is 1.59. The number of carbonyl (C=O) groups excluding carboxylic acids is 2. The maximum Gasteiger partial charge on any atom is 0.413 e. The summed E-state index contributed by atoms with van der Waals surface area (Å²) in [6.45, 7) is 9.54. The molecule has 0 fully saturated rings. The predicted molar refractivity (Wildman–Crippen MR) is 67.1 cm³/mol. The summed E-state index contributed by atoms with van der Waals surface area (Å²) in [4.78, 5) is 23.2. The number of amides is 1. The van der Waals surface area contributed by atoms with Crippen molar-refractivity contribution in [2.75, 3.05) is 6.61 Å². The van der Waals surface area contributed by atoms with Gasteiger partial charge in [-0.05, 0) is 28.2 Å². The molecule has 0 rings (SSSR count). The average molecular weight is 247 g/mol. The molecule has 5 heteroatoms. The lowest BCUT2D eigenvalue weighted by molar-refractivity contribution is -0.123. The number of hydrogen-bond donors (Lipinski definition) is 0. The van der Waals surface area contributed by atoms with Crippen LogP contribution in [0.5, 0.6) is 0 Å². The lowest BCUT2D eigenvalue weighted by atomic mass is 9.84. The van der Waals surface area contributed by atoms with E-state index in [1.165, 1.54) is 11.6 Å². The Bertz CT molecular complexity index is 260. The quantitative estimate of drug-likeness (QED) is 0.717. The van der Waals surface area contributed by atoms with Crippen LogP contribution in [0.4, 0.5) is 4.79 Å². The summed E-state index contributed by atoms with van der Waals surface area (Å²) in [5.74, 6) is -0.0454. The highest BCUT2D eigenvalue weighted by Crippen LogP contribution is 2.28. The first-order valence-electron chi connectivity index (χ1n) is 5.43. The van der Waals surface area contributed by atoms with E-state index >= 15 is 0 Å². The standard InChI is InChI=1S/C11H22NO3P/c1-6-7-15-10(14)12(16)9(8(2)13)11(3,4)5/h9H,6-7,16H2,1-5H3/t9-/m1/s1. The van der Waals surface area contributed by atoms with Crippen LogP contribution in [-0.2, 0) is 9.53 Å². The largest absolute Gasteiger partial charge is 0.449 e. The molecule has 0 aromatic rings. The second kappa shape index (κ2) is 6.19. The highest BCUT2D eigenvalue weighted by Gasteiger charge is 2.35. The van der Waals surface area contributed by atoms with Gasteiger partial charge in [-0.15, -0.1) is 0 Å². The fourth-order valence-corrected chi connectivity index (χ4v) is 2.32. The molecule has 0 N–H and O–H groups in total. The lowest BCUT2D eigenvalue weighted by Gasteiger charge is -2.35. The van der Waals surface area contributed by atoms with E-state index in [0.29, 0.717) is 6.61 Å². The third-order valence-electron chi connectivity index (χ3n) is 2.12. The highest BCUT2D eigenvalue weighted by molar-refractivity contribution is 7.14. The lowest BCUT2D eigenvalue weighted by Crippen LogP contribution is -2.46. The summed E-state index contributed by atoms with van der Waals surface area (Å²) < 4.78 is 6.30. The van der Waals surface area contributed by atoms with Gasteiger partial charge in [0.2, 0.25) is 0 Å². The third kappa shape index (κ3) is 4.48. The summed E-state index contributed by atoms with van der Waals surface area (Å²) in [6.07, 6.45) is 0.298. The molecule has 0 radical (unpaired) electrons. The average Bonchev–Trinajstić information content (AvgIpc) is 2.10. The van der Waals surface area contributed by atoms with E-state index in [1.807, 2.05) is 27.7 Å². The third-order valence-corrected chi connectivity index (χ3v) is 2.63. The maximum atomic E-state index is 11.6. The minimum atomic E-state index is -0.484. The van der Waals surface area contributed by atoms with Crippen molar-refractivity contribution in [3.05, 3.63) is 0 Å². The second-order valence-corrected chi connectivity index (χ2v) is 5.46. The van der Waals surface area contributed by atoms with Gasteiger partial charge < -0.3 is 4.74 Å². The van der Waals surface area contributed by atoms with Crippen LogP contribution in [0.2, 0.25) is 0 Å². The molecule has 0 aliphatic carbocycles. The molecule has 94 valence electrons. The van der Waals surface area contributed by atoms with Crippen molar-refractivity contribution >= 4 is 21.3 Å². The van der Waals surface area contributed by atoms with Crippen LogP contribution in [0.25, 0.3) is 0 Å². The van der Waals surface area contributed by atoms with Crippen LogP contribution in [-0.4, -0.2) is 29.2 Å². The molecule has 0 spiro atoms. The van der Waals surface area contributed by atoms with E-state index in [9.17, 15) is 9.59 Å². The van der Waals surface area contributed by atoms with Crippen LogP contribution in [0.15, 0.2) is 0 Å². The van der Waals surface area contributed by atoms with Crippen molar-refractivity contribution < 1.29 is 14.3 Å². The van der Waals surface area contributed by atoms with Gasteiger partial charge in [0.25, 0.3) is 0 Å². The number of ketones is 1. The normalized spacial score (nSPS) is 13.1. The number of hydrogen-bond acceptors (Lipinski definition) is 3. The van der Waals surface area contributed by atoms with Gasteiger partial charge >= 0.3 is 6.09 Å². The Morgan fingerprint density at radius 3 is 2.19 bits per heavy atom. The highest BCUT2D eigenvalue weighted by atomic mass is 31.0. The summed E-state index contributed by atoms with van der Waals surface area (Å²) in [5, 5.41) is 0. The molecule has 0 saturated heterocycles. The molecular formula is C11H22NO3P. The molecule has 2 atom stereocenters. The summed E-state index contributed by atoms with van der Waals surface area (Å²) in [7, 11) is 2.28. The zero-order valence-electron chi connectivity index (χ0n) is 10.7. The first-order chi connectivity index (χ1) is 7.21. The van der Waals surface area contributed by atoms with Crippen LogP contribution >= 0.6 is 9.39 Å². The molecule has 1 unspecified atom stereocenters. The molecule has 16 heavy (non-hydrogen) atoms. The molecule has 0 bridgehead atoms. The summed E-state index contributed by atoms with van der Waals surface area (Å²) in [6, 6.07) is -0.484. The number of carbonyl (C=O) groups is 2. The first kappa shape index (κ1) is 15.4. The van der Waals surface area contributed by atoms with Gasteiger partial charge in [0, 0.05) is 0 Å². The van der Waals surface area contributed by atoms with Crippen LogP contribution in [0, 0.1) is 5.41 Å². The maximum absolute atomic E-state index is 11.6. The first-order valence-corrected chi connectivity index (χ1v) is 5.94. The van der Waals surface area contributed by atoms with E-state index in [2.05, 4.69) is 9.39 Å². The minimum absolute atomic E-state index is 0.0454. The van der Waals surface area contributed by atoms with Crippen LogP contribution in [0.1, 0.15) is 41.0 Å². The topological polar surface area (TPSA) is 46.6 Å². The molecule has 1 amide bonds. The van der Waals surface area contributed by atoms with E-state index in [1.54, 1.807) is 0 Å². The molecular weight excluding hydrogens is 225 g/mol. The van der Waals surface area contributed by atoms with Gasteiger partial charge in [0.1, 0.15) is 6.04 Å². The molecule has 0 aromatic carbocycles. The molecule has 0 aliphatic rings. The Balaban J connectivity index is 4.69. The van der Waals surface area contributed by atoms with Crippen molar-refractivity contribution in [1.29, 1.82) is 0 Å². The number of Topliss-reactive ketones (excluding diaryl/α,β-unsaturated/α-hetero) is 1. The van der Waals surface area contributed by atoms with Crippen LogP contribution < -0.4 is 0 Å². The van der Waals surface area contributed by atoms with Crippen molar-refractivity contribution in [1.82, 2.24) is 4.67 Å². The van der Waals surface area contributed by atoms with Gasteiger partial charge in [0.05, 0.1) is 6.61 Å². The molecule has 0 aliphatic heterocycles. The minimum Gasteiger partial charge on any atom is -0.449 e. The smallest absolute Gasteiger partial charge is 0.413 e. The number of rotatable bonds is 4. The van der Waals surface area contributed by atoms with Crippen molar-refractivity contribution in [3.8, 4) is 0 Å². The Morgan fingerprint density at radius 2 is 1.88 bits per heavy atom. The predicted octanol–water partition coefficient (Wildman–Crippen LogP) is 2.63. The Hall–Kier alpha value is -0.630. The zero-order chi connectivity index (χ0) is 12.9. The van der Waals surface area contributed by atoms with Gasteiger partial charge in [-0.2, -0.15) is 0 Å². The number of ether oxygens (including phenoxy) is 1. The van der Waals surface area contributed by atoms with Crippen LogP contribution in [0.3, 0.4) is 0 Å². The Morgan fingerprint density at radius 1 is 1.38 bits per heavy atom. The van der Waals surface area contributed by atoms with Gasteiger partial charge in [-0.1, -0.05) is 27.7 Å². The number of nitrogens with zero attached hydrogens (tertiary/aromatic N) is 1. The monoisotopic (exact) mass is 247 g/mol. The van der Waals surface area contributed by atoms with Crippen molar-refractivity contribution in [2.24, 2.45) is 5.41 Å². The Labute approximate surface area is 100.0 Å². The zero-order valence-corrected chi connectivity index (χ0v) is 11.9. The fraction of sp³-hybridized carbons (Fsp3) is 0.818. The van der Waals surface area contributed by atoms with E-state index in [-0.39, 0.29) is 11.2 Å². The molecule has 0 heterocycles. The van der Waals surface area contributed by atoms with Gasteiger partial charge in [-0.25, -0.2) is 4.79 Å². The van der Waals surface area contributed by atoms with E-state index in [0.717, 1.165) is 6.42 Å². The van der Waals surface area contributed by atoms with E-state index in [4.69, 9.17) is 4.74 Å². The van der Waals surface area contributed by atoms with E-state index < -0.39 is 12.1 Å². The summed E-state index contributed by atoms with van der Waals surface area (Å²) in [5.41, 5.74) is -0.307. The SMILES string of the molecule is CCCOC(=O)N(P)[C@H](C(C)=O)C(C)(C)C. The Kier molecular flexibility index (Phi) is 5.95. The molecule has 4 nitrogen and oxygen atoms in total. The molecule has 0 saturated carbocycles. The molecule has 0 aromatic heterocycles. The summed E-state index contributed by atoms with van der Waals surface area (Å²) >= 11 is 0. The van der Waals surface area contributed by atoms with Gasteiger partial charge in [-0.3, -0.25) is 9.46 Å². The second-order valence-electron chi connectivity index (χ2n) is 4.90. The van der Waals surface area contributed by atoms with Crippen molar-refractivity contribution in [2.45, 2.75) is 47.1 Å².